The number of benzene rings is 1. The molecule has 1 aliphatic rings. The number of hydrogen-bond donors (Lipinski definition) is 1. The van der Waals surface area contributed by atoms with Crippen LogP contribution in [0.3, 0.4) is 0 Å². The number of para-hydroxylation sites is 1. The second-order valence-corrected chi connectivity index (χ2v) is 3.55. The molecule has 0 saturated carbocycles. The smallest absolute Gasteiger partial charge is 0.165 e. The van der Waals surface area contributed by atoms with Gasteiger partial charge < -0.3 is 15.5 Å². The fraction of sp³-hybridized carbons (Fsp3) is 0.455. The number of rotatable bonds is 2. The van der Waals surface area contributed by atoms with E-state index in [1.807, 2.05) is 6.07 Å². The molecular formula is C11H16FNO2. The second kappa shape index (κ2) is 5.09. The molecule has 0 aromatic heterocycles. The van der Waals surface area contributed by atoms with Crippen LogP contribution in [0, 0.1) is 5.82 Å². The molecule has 1 aromatic rings. The second-order valence-electron chi connectivity index (χ2n) is 3.55. The molecule has 84 valence electrons. The minimum atomic E-state index is -0.267. The van der Waals surface area contributed by atoms with Crippen molar-refractivity contribution in [3.63, 3.8) is 0 Å². The van der Waals surface area contributed by atoms with E-state index in [0.29, 0.717) is 11.7 Å². The largest absolute Gasteiger partial charge is 0.493 e. The van der Waals surface area contributed by atoms with Gasteiger partial charge in [0.05, 0.1) is 7.11 Å². The third-order valence-electron chi connectivity index (χ3n) is 2.70. The Labute approximate surface area is 88.6 Å². The molecule has 1 aromatic carbocycles. The SMILES string of the molecule is COc1c(F)cccc1C1CCNC1.O. The van der Waals surface area contributed by atoms with Gasteiger partial charge in [-0.1, -0.05) is 12.1 Å². The van der Waals surface area contributed by atoms with Gasteiger partial charge in [0.15, 0.2) is 11.6 Å². The maximum Gasteiger partial charge on any atom is 0.165 e. The van der Waals surface area contributed by atoms with Crippen LogP contribution in [0.15, 0.2) is 18.2 Å². The van der Waals surface area contributed by atoms with Crippen molar-refractivity contribution in [1.82, 2.24) is 5.32 Å². The molecule has 3 N–H and O–H groups in total. The first-order valence-electron chi connectivity index (χ1n) is 4.86. The Morgan fingerprint density at radius 2 is 2.27 bits per heavy atom. The van der Waals surface area contributed by atoms with Gasteiger partial charge in [-0.15, -0.1) is 0 Å². The lowest BCUT2D eigenvalue weighted by atomic mass is 9.97. The van der Waals surface area contributed by atoms with Crippen LogP contribution in [0.4, 0.5) is 4.39 Å². The number of halogens is 1. The minimum absolute atomic E-state index is 0. The van der Waals surface area contributed by atoms with Gasteiger partial charge in [0.2, 0.25) is 0 Å². The van der Waals surface area contributed by atoms with Gasteiger partial charge >= 0.3 is 0 Å². The molecule has 1 fully saturated rings. The molecule has 0 spiro atoms. The Morgan fingerprint density at radius 3 is 2.87 bits per heavy atom. The van der Waals surface area contributed by atoms with E-state index >= 15 is 0 Å². The summed E-state index contributed by atoms with van der Waals surface area (Å²) in [6.07, 6.45) is 1.06. The fourth-order valence-electron chi connectivity index (χ4n) is 1.98. The zero-order valence-electron chi connectivity index (χ0n) is 8.72. The summed E-state index contributed by atoms with van der Waals surface area (Å²) in [5.41, 5.74) is 0.984. The van der Waals surface area contributed by atoms with E-state index in [-0.39, 0.29) is 11.3 Å². The van der Waals surface area contributed by atoms with E-state index in [4.69, 9.17) is 4.74 Å². The summed E-state index contributed by atoms with van der Waals surface area (Å²) in [5.74, 6) is 0.527. The zero-order valence-corrected chi connectivity index (χ0v) is 8.72. The Kier molecular flexibility index (Phi) is 4.05. The van der Waals surface area contributed by atoms with Crippen molar-refractivity contribution in [3.8, 4) is 5.75 Å². The summed E-state index contributed by atoms with van der Waals surface area (Å²) in [6, 6.07) is 5.12. The molecule has 1 atom stereocenters. The highest BCUT2D eigenvalue weighted by molar-refractivity contribution is 5.38. The number of ether oxygens (including phenoxy) is 1. The maximum absolute atomic E-state index is 13.4. The summed E-state index contributed by atoms with van der Waals surface area (Å²) in [7, 11) is 1.52. The maximum atomic E-state index is 13.4. The van der Waals surface area contributed by atoms with Crippen molar-refractivity contribution in [2.75, 3.05) is 20.2 Å². The lowest BCUT2D eigenvalue weighted by Crippen LogP contribution is -2.09. The summed E-state index contributed by atoms with van der Waals surface area (Å²) in [6.45, 7) is 1.92. The van der Waals surface area contributed by atoms with Crippen LogP contribution in [0.5, 0.6) is 5.75 Å². The lowest BCUT2D eigenvalue weighted by molar-refractivity contribution is 0.378. The van der Waals surface area contributed by atoms with E-state index in [0.717, 1.165) is 25.1 Å². The molecule has 4 heteroatoms. The van der Waals surface area contributed by atoms with E-state index in [9.17, 15) is 4.39 Å². The molecule has 0 amide bonds. The minimum Gasteiger partial charge on any atom is -0.493 e. The predicted molar refractivity (Wildman–Crippen MR) is 56.8 cm³/mol. The highest BCUT2D eigenvalue weighted by Gasteiger charge is 2.21. The molecule has 0 bridgehead atoms. The van der Waals surface area contributed by atoms with Gasteiger partial charge in [-0.05, 0) is 19.0 Å². The van der Waals surface area contributed by atoms with Gasteiger partial charge in [-0.25, -0.2) is 4.39 Å². The van der Waals surface area contributed by atoms with Crippen molar-refractivity contribution in [3.05, 3.63) is 29.6 Å². The van der Waals surface area contributed by atoms with Crippen molar-refractivity contribution < 1.29 is 14.6 Å². The van der Waals surface area contributed by atoms with Crippen molar-refractivity contribution in [2.24, 2.45) is 0 Å². The highest BCUT2D eigenvalue weighted by atomic mass is 19.1. The first-order chi connectivity index (χ1) is 6.83. The monoisotopic (exact) mass is 213 g/mol. The van der Waals surface area contributed by atoms with Crippen molar-refractivity contribution >= 4 is 0 Å². The van der Waals surface area contributed by atoms with Gasteiger partial charge in [-0.2, -0.15) is 0 Å². The Morgan fingerprint density at radius 1 is 1.47 bits per heavy atom. The molecule has 0 radical (unpaired) electrons. The van der Waals surface area contributed by atoms with Gasteiger partial charge in [0, 0.05) is 18.0 Å². The predicted octanol–water partition coefficient (Wildman–Crippen LogP) is 1.09. The molecule has 1 heterocycles. The zero-order chi connectivity index (χ0) is 9.97. The number of hydrogen-bond acceptors (Lipinski definition) is 2. The molecule has 15 heavy (non-hydrogen) atoms. The molecule has 3 nitrogen and oxygen atoms in total. The summed E-state index contributed by atoms with van der Waals surface area (Å²) < 4.78 is 18.4. The summed E-state index contributed by atoms with van der Waals surface area (Å²) in [5, 5.41) is 3.26. The normalized spacial score (nSPS) is 19.7. The first kappa shape index (κ1) is 11.9. The first-order valence-corrected chi connectivity index (χ1v) is 4.86. The van der Waals surface area contributed by atoms with E-state index in [2.05, 4.69) is 5.32 Å². The van der Waals surface area contributed by atoms with E-state index in [1.54, 1.807) is 6.07 Å². The Balaban J connectivity index is 0.00000112. The van der Waals surface area contributed by atoms with Crippen LogP contribution in [0.25, 0.3) is 0 Å². The van der Waals surface area contributed by atoms with Crippen LogP contribution in [-0.4, -0.2) is 25.7 Å². The highest BCUT2D eigenvalue weighted by Crippen LogP contribution is 2.32. The quantitative estimate of drug-likeness (QED) is 0.799. The average molecular weight is 213 g/mol. The Bertz CT molecular complexity index is 324. The topological polar surface area (TPSA) is 52.8 Å². The third-order valence-corrected chi connectivity index (χ3v) is 2.70. The van der Waals surface area contributed by atoms with E-state index < -0.39 is 0 Å². The number of nitrogens with one attached hydrogen (secondary N) is 1. The van der Waals surface area contributed by atoms with Crippen molar-refractivity contribution in [2.45, 2.75) is 12.3 Å². The van der Waals surface area contributed by atoms with Crippen LogP contribution in [0.1, 0.15) is 17.9 Å². The third kappa shape index (κ3) is 2.27. The molecule has 1 unspecified atom stereocenters. The summed E-state index contributed by atoms with van der Waals surface area (Å²) >= 11 is 0. The lowest BCUT2D eigenvalue weighted by Gasteiger charge is -2.13. The van der Waals surface area contributed by atoms with Gasteiger partial charge in [0.25, 0.3) is 0 Å². The average Bonchev–Trinajstić information content (AvgIpc) is 2.70. The number of methoxy groups -OCH3 is 1. The molecule has 2 rings (SSSR count). The van der Waals surface area contributed by atoms with Crippen LogP contribution in [0.2, 0.25) is 0 Å². The van der Waals surface area contributed by atoms with Crippen LogP contribution in [-0.2, 0) is 0 Å². The molecule has 1 saturated heterocycles. The standard InChI is InChI=1S/C11H14FNO.H2O/c1-14-11-9(3-2-4-10(11)12)8-5-6-13-7-8;/h2-4,8,13H,5-7H2,1H3;1H2. The summed E-state index contributed by atoms with van der Waals surface area (Å²) in [4.78, 5) is 0. The van der Waals surface area contributed by atoms with Crippen LogP contribution < -0.4 is 10.1 Å². The fourth-order valence-corrected chi connectivity index (χ4v) is 1.98. The van der Waals surface area contributed by atoms with Gasteiger partial charge in [-0.3, -0.25) is 0 Å². The van der Waals surface area contributed by atoms with Crippen molar-refractivity contribution in [1.29, 1.82) is 0 Å². The molecule has 1 aliphatic heterocycles. The molecular weight excluding hydrogens is 197 g/mol. The van der Waals surface area contributed by atoms with Gasteiger partial charge in [0.1, 0.15) is 0 Å². The van der Waals surface area contributed by atoms with E-state index in [1.165, 1.54) is 13.2 Å². The Hall–Kier alpha value is -1.13. The van der Waals surface area contributed by atoms with Crippen LogP contribution >= 0.6 is 0 Å². The molecule has 0 aliphatic carbocycles.